The minimum absolute atomic E-state index is 0.413. The fraction of sp³-hybridized carbons (Fsp3) is 0.857. The van der Waals surface area contributed by atoms with Crippen LogP contribution >= 0.6 is 0 Å². The lowest BCUT2D eigenvalue weighted by molar-refractivity contribution is -0.213. The lowest BCUT2D eigenvalue weighted by Gasteiger charge is -2.28. The summed E-state index contributed by atoms with van der Waals surface area (Å²) in [4.78, 5) is 24.8. The van der Waals surface area contributed by atoms with Crippen LogP contribution in [0.5, 0.6) is 0 Å². The molecule has 0 aliphatic heterocycles. The number of carbonyl (C=O) groups excluding carboxylic acids is 2. The van der Waals surface area contributed by atoms with E-state index in [4.69, 9.17) is 9.47 Å². The largest absolute Gasteiger partial charge is 0.430 e. The van der Waals surface area contributed by atoms with Gasteiger partial charge in [-0.25, -0.2) is 9.59 Å². The van der Waals surface area contributed by atoms with E-state index in [1.54, 1.807) is 0 Å². The van der Waals surface area contributed by atoms with Gasteiger partial charge in [0.15, 0.2) is 0 Å². The number of hydrogen-bond acceptors (Lipinski definition) is 6. The van der Waals surface area contributed by atoms with Gasteiger partial charge in [0, 0.05) is 37.8 Å². The molecule has 34 heavy (non-hydrogen) atoms. The second kappa shape index (κ2) is 16.3. The van der Waals surface area contributed by atoms with Crippen LogP contribution in [0.25, 0.3) is 0 Å². The van der Waals surface area contributed by atoms with Crippen LogP contribution in [0.1, 0.15) is 141 Å². The molecule has 2 rings (SSSR count). The highest BCUT2D eigenvalue weighted by Crippen LogP contribution is 2.28. The summed E-state index contributed by atoms with van der Waals surface area (Å²) >= 11 is 0. The molecule has 2 fully saturated rings. The van der Waals surface area contributed by atoms with Crippen LogP contribution in [0, 0.1) is 0 Å². The molecule has 0 bridgehead atoms. The van der Waals surface area contributed by atoms with E-state index in [0.717, 1.165) is 89.2 Å². The molecule has 0 aromatic rings. The highest BCUT2D eigenvalue weighted by Gasteiger charge is 2.31. The first kappa shape index (κ1) is 28.8. The van der Waals surface area contributed by atoms with E-state index in [0.29, 0.717) is 25.7 Å². The smallest absolute Gasteiger partial charge is 0.333 e. The molecule has 2 N–H and O–H groups in total. The number of esters is 2. The molecule has 0 radical (unpaired) electrons. The van der Waals surface area contributed by atoms with Gasteiger partial charge in [-0.1, -0.05) is 89.9 Å². The second-order valence-electron chi connectivity index (χ2n) is 10.4. The van der Waals surface area contributed by atoms with Gasteiger partial charge in [-0.3, -0.25) is 0 Å². The molecule has 0 aromatic carbocycles. The van der Waals surface area contributed by atoms with E-state index >= 15 is 0 Å². The topological polar surface area (TPSA) is 93.1 Å². The van der Waals surface area contributed by atoms with E-state index in [2.05, 4.69) is 0 Å². The minimum atomic E-state index is -1.49. The van der Waals surface area contributed by atoms with Crippen molar-refractivity contribution in [1.82, 2.24) is 0 Å². The molecule has 6 nitrogen and oxygen atoms in total. The molecule has 2 saturated carbocycles. The Morgan fingerprint density at radius 1 is 0.441 bits per heavy atom. The zero-order chi connectivity index (χ0) is 24.5. The zero-order valence-corrected chi connectivity index (χ0v) is 21.2. The molecular weight excluding hydrogens is 432 g/mol. The fourth-order valence-electron chi connectivity index (χ4n) is 5.11. The highest BCUT2D eigenvalue weighted by molar-refractivity contribution is 5.91. The van der Waals surface area contributed by atoms with Gasteiger partial charge < -0.3 is 19.7 Å². The van der Waals surface area contributed by atoms with Crippen molar-refractivity contribution in [3.63, 3.8) is 0 Å². The van der Waals surface area contributed by atoms with Crippen LogP contribution in [-0.4, -0.2) is 33.7 Å². The molecule has 0 atom stereocenters. The molecule has 0 unspecified atom stereocenters. The predicted molar refractivity (Wildman–Crippen MR) is 133 cm³/mol. The number of aliphatic hydroxyl groups is 2. The van der Waals surface area contributed by atoms with Gasteiger partial charge in [-0.2, -0.15) is 0 Å². The summed E-state index contributed by atoms with van der Waals surface area (Å²) in [6.45, 7) is 0. The molecule has 0 saturated heterocycles. The van der Waals surface area contributed by atoms with Gasteiger partial charge in [-0.15, -0.1) is 0 Å². The van der Waals surface area contributed by atoms with Gasteiger partial charge in [0.1, 0.15) is 0 Å². The van der Waals surface area contributed by atoms with Crippen molar-refractivity contribution < 1.29 is 29.3 Å². The number of rotatable bonds is 4. The first-order valence-corrected chi connectivity index (χ1v) is 14.0. The third-order valence-electron chi connectivity index (χ3n) is 7.21. The number of ether oxygens (including phenoxy) is 2. The van der Waals surface area contributed by atoms with Crippen molar-refractivity contribution in [1.29, 1.82) is 0 Å². The molecule has 196 valence electrons. The van der Waals surface area contributed by atoms with Gasteiger partial charge in [0.25, 0.3) is 0 Å². The predicted octanol–water partition coefficient (Wildman–Crippen LogP) is 6.62. The SMILES string of the molecule is O=C(/C=C/C(=O)OC1(O)CCCCCCCCCCC1)OC1(O)CCCCCCCCCCC1. The summed E-state index contributed by atoms with van der Waals surface area (Å²) in [5, 5.41) is 21.8. The number of carbonyl (C=O) groups is 2. The maximum Gasteiger partial charge on any atom is 0.333 e. The first-order valence-electron chi connectivity index (χ1n) is 14.0. The molecule has 0 aromatic heterocycles. The summed E-state index contributed by atoms with van der Waals surface area (Å²) in [6, 6.07) is 0. The minimum Gasteiger partial charge on any atom is -0.430 e. The molecule has 0 heterocycles. The summed E-state index contributed by atoms with van der Waals surface area (Å²) in [5.74, 6) is -4.48. The fourth-order valence-corrected chi connectivity index (χ4v) is 5.11. The Morgan fingerprint density at radius 2 is 0.647 bits per heavy atom. The third kappa shape index (κ3) is 12.9. The molecule has 2 aliphatic carbocycles. The molecular formula is C28H48O6. The highest BCUT2D eigenvalue weighted by atomic mass is 16.7. The van der Waals surface area contributed by atoms with Crippen molar-refractivity contribution in [2.45, 2.75) is 153 Å². The third-order valence-corrected chi connectivity index (χ3v) is 7.21. The van der Waals surface area contributed by atoms with E-state index in [1.165, 1.54) is 38.5 Å². The summed E-state index contributed by atoms with van der Waals surface area (Å²) in [6.07, 6.45) is 22.9. The van der Waals surface area contributed by atoms with Crippen molar-refractivity contribution in [3.05, 3.63) is 12.2 Å². The van der Waals surface area contributed by atoms with Crippen LogP contribution in [0.3, 0.4) is 0 Å². The molecule has 6 heteroatoms. The van der Waals surface area contributed by atoms with E-state index in [1.807, 2.05) is 0 Å². The van der Waals surface area contributed by atoms with E-state index in [9.17, 15) is 19.8 Å². The summed E-state index contributed by atoms with van der Waals surface area (Å²) in [7, 11) is 0. The van der Waals surface area contributed by atoms with Gasteiger partial charge in [0.05, 0.1) is 0 Å². The Kier molecular flexibility index (Phi) is 13.8. The Hall–Kier alpha value is -1.40. The van der Waals surface area contributed by atoms with Crippen molar-refractivity contribution in [3.8, 4) is 0 Å². The van der Waals surface area contributed by atoms with Gasteiger partial charge >= 0.3 is 11.9 Å². The first-order chi connectivity index (χ1) is 16.4. The summed E-state index contributed by atoms with van der Waals surface area (Å²) in [5.41, 5.74) is 0. The maximum atomic E-state index is 12.4. The average molecular weight is 481 g/mol. The van der Waals surface area contributed by atoms with E-state index < -0.39 is 23.5 Å². The summed E-state index contributed by atoms with van der Waals surface area (Å²) < 4.78 is 10.8. The Bertz CT molecular complexity index is 538. The van der Waals surface area contributed by atoms with Gasteiger partial charge in [-0.05, 0) is 25.7 Å². The standard InChI is InChI=1S/C28H48O6/c29-25(33-27(31)21-15-11-7-3-1-4-8-12-16-22-27)19-20-26(30)34-28(32)23-17-13-9-5-2-6-10-14-18-24-28/h19-20,31-32H,1-18,21-24H2/b20-19+. The van der Waals surface area contributed by atoms with Crippen LogP contribution in [0.2, 0.25) is 0 Å². The van der Waals surface area contributed by atoms with Crippen molar-refractivity contribution in [2.75, 3.05) is 0 Å². The zero-order valence-electron chi connectivity index (χ0n) is 21.2. The van der Waals surface area contributed by atoms with Crippen LogP contribution in [-0.2, 0) is 19.1 Å². The normalized spacial score (nSPS) is 23.9. The van der Waals surface area contributed by atoms with Crippen LogP contribution in [0.4, 0.5) is 0 Å². The average Bonchev–Trinajstić information content (AvgIpc) is 2.77. The Balaban J connectivity index is 1.85. The Morgan fingerprint density at radius 3 is 0.882 bits per heavy atom. The second-order valence-corrected chi connectivity index (χ2v) is 10.4. The van der Waals surface area contributed by atoms with Gasteiger partial charge in [0.2, 0.25) is 11.6 Å². The maximum absolute atomic E-state index is 12.4. The molecule has 2 aliphatic rings. The quantitative estimate of drug-likeness (QED) is 0.267. The lowest BCUT2D eigenvalue weighted by atomic mass is 9.97. The molecule has 0 amide bonds. The van der Waals surface area contributed by atoms with Crippen LogP contribution in [0.15, 0.2) is 12.2 Å². The van der Waals surface area contributed by atoms with Crippen LogP contribution < -0.4 is 0 Å². The van der Waals surface area contributed by atoms with Crippen molar-refractivity contribution >= 4 is 11.9 Å². The van der Waals surface area contributed by atoms with Crippen molar-refractivity contribution in [2.24, 2.45) is 0 Å². The van der Waals surface area contributed by atoms with E-state index in [-0.39, 0.29) is 0 Å². The number of hydrogen-bond donors (Lipinski definition) is 2. The monoisotopic (exact) mass is 480 g/mol. The molecule has 0 spiro atoms. The lowest BCUT2D eigenvalue weighted by Crippen LogP contribution is -2.35. The Labute approximate surface area is 206 Å².